The van der Waals surface area contributed by atoms with Gasteiger partial charge in [-0.25, -0.2) is 0 Å². The van der Waals surface area contributed by atoms with Crippen LogP contribution in [0.5, 0.6) is 11.5 Å². The zero-order valence-corrected chi connectivity index (χ0v) is 14.1. The lowest BCUT2D eigenvalue weighted by molar-refractivity contribution is -0.131. The maximum absolute atomic E-state index is 11.0. The van der Waals surface area contributed by atoms with Crippen molar-refractivity contribution in [2.24, 2.45) is 11.7 Å². The van der Waals surface area contributed by atoms with Crippen molar-refractivity contribution in [2.45, 2.75) is 13.5 Å². The first-order valence-electron chi connectivity index (χ1n) is 7.45. The molecule has 0 unspecified atom stereocenters. The van der Waals surface area contributed by atoms with Gasteiger partial charge in [-0.15, -0.1) is 4.70 Å². The number of esters is 1. The highest BCUT2D eigenvalue weighted by atomic mass is 16.5. The highest BCUT2D eigenvalue weighted by molar-refractivity contribution is 5.69. The fraction of sp³-hybridized carbons (Fsp3) is 0.235. The highest BCUT2D eigenvalue weighted by Gasteiger charge is 2.27. The van der Waals surface area contributed by atoms with Crippen molar-refractivity contribution in [1.82, 2.24) is 10.0 Å². The van der Waals surface area contributed by atoms with E-state index in [9.17, 15) is 4.79 Å². The number of quaternary nitrogens is 1. The second kappa shape index (κ2) is 7.41. The first kappa shape index (κ1) is 17.9. The summed E-state index contributed by atoms with van der Waals surface area (Å²) >= 11 is 0. The summed E-state index contributed by atoms with van der Waals surface area (Å²) in [5.41, 5.74) is 2.29. The number of rotatable bonds is 6. The first-order chi connectivity index (χ1) is 11.4. The van der Waals surface area contributed by atoms with Crippen molar-refractivity contribution < 1.29 is 14.3 Å². The Hall–Kier alpha value is -2.45. The summed E-state index contributed by atoms with van der Waals surface area (Å²) in [4.78, 5) is 11.0. The van der Waals surface area contributed by atoms with Gasteiger partial charge in [0.2, 0.25) is 0 Å². The molecule has 0 saturated heterocycles. The number of hydrogen-bond acceptors (Lipinski definition) is 6. The van der Waals surface area contributed by atoms with Crippen LogP contribution in [-0.4, -0.2) is 20.1 Å². The molecule has 0 fully saturated rings. The highest BCUT2D eigenvalue weighted by Crippen LogP contribution is 2.31. The van der Waals surface area contributed by atoms with Gasteiger partial charge in [-0.05, 0) is 25.2 Å². The molecule has 0 atom stereocenters. The predicted molar refractivity (Wildman–Crippen MR) is 93.3 cm³/mol. The Balaban J connectivity index is 2.35. The van der Waals surface area contributed by atoms with Crippen LogP contribution in [0.3, 0.4) is 0 Å². The van der Waals surface area contributed by atoms with Gasteiger partial charge in [0.15, 0.2) is 11.4 Å². The molecular formula is C17H23N4O3+. The number of benzene rings is 2. The Bertz CT molecular complexity index is 714. The third-order valence-corrected chi connectivity index (χ3v) is 3.58. The van der Waals surface area contributed by atoms with E-state index in [4.69, 9.17) is 21.2 Å². The van der Waals surface area contributed by atoms with E-state index in [1.807, 2.05) is 25.2 Å². The molecule has 0 aromatic heterocycles. The summed E-state index contributed by atoms with van der Waals surface area (Å²) in [6.45, 7) is 1.98. The van der Waals surface area contributed by atoms with Crippen LogP contribution in [0.15, 0.2) is 42.5 Å². The van der Waals surface area contributed by atoms with Gasteiger partial charge in [-0.2, -0.15) is 11.7 Å². The minimum absolute atomic E-state index is 0.379. The van der Waals surface area contributed by atoms with Crippen molar-refractivity contribution >= 4 is 17.3 Å². The average Bonchev–Trinajstić information content (AvgIpc) is 2.55. The smallest absolute Gasteiger partial charge is 0.308 e. The Morgan fingerprint density at radius 1 is 1.12 bits per heavy atom. The summed E-state index contributed by atoms with van der Waals surface area (Å²) in [7, 11) is 3.47. The van der Waals surface area contributed by atoms with Crippen LogP contribution in [-0.2, 0) is 11.3 Å². The summed E-state index contributed by atoms with van der Waals surface area (Å²) in [6.07, 6.45) is 0. The molecule has 0 bridgehead atoms. The molecular weight excluding hydrogens is 308 g/mol. The zero-order chi connectivity index (χ0) is 17.7. The van der Waals surface area contributed by atoms with Crippen LogP contribution in [0.25, 0.3) is 0 Å². The molecule has 128 valence electrons. The molecule has 2 aromatic rings. The molecule has 0 spiro atoms. The molecule has 0 aliphatic heterocycles. The van der Waals surface area contributed by atoms with Crippen molar-refractivity contribution in [3.8, 4) is 11.5 Å². The molecule has 0 aliphatic carbocycles. The number of nitrogens with one attached hydrogen (secondary N) is 1. The third kappa shape index (κ3) is 3.90. The van der Waals surface area contributed by atoms with Gasteiger partial charge in [0, 0.05) is 43.3 Å². The molecule has 5 N–H and O–H groups in total. The quantitative estimate of drug-likeness (QED) is 0.245. The van der Waals surface area contributed by atoms with E-state index >= 15 is 0 Å². The lowest BCUT2D eigenvalue weighted by atomic mass is 10.1. The SMILES string of the molecule is CNCc1cc([N+](N)(N)c2ccc(OC(C)=O)cc2)ccc1OC. The van der Waals surface area contributed by atoms with Crippen LogP contribution in [0.4, 0.5) is 11.4 Å². The fourth-order valence-electron chi connectivity index (χ4n) is 2.40. The molecule has 7 nitrogen and oxygen atoms in total. The van der Waals surface area contributed by atoms with Crippen molar-refractivity contribution in [2.75, 3.05) is 14.2 Å². The third-order valence-electron chi connectivity index (χ3n) is 3.58. The van der Waals surface area contributed by atoms with Crippen LogP contribution < -0.4 is 31.2 Å². The monoisotopic (exact) mass is 331 g/mol. The van der Waals surface area contributed by atoms with Crippen LogP contribution in [0.2, 0.25) is 0 Å². The van der Waals surface area contributed by atoms with Crippen molar-refractivity contribution in [3.63, 3.8) is 0 Å². The fourth-order valence-corrected chi connectivity index (χ4v) is 2.40. The molecule has 0 radical (unpaired) electrons. The van der Waals surface area contributed by atoms with E-state index in [1.165, 1.54) is 6.92 Å². The van der Waals surface area contributed by atoms with Crippen LogP contribution in [0, 0.1) is 0 Å². The standard InChI is InChI=1S/C17H23N4O3/c1-12(22)24-16-7-4-14(5-8-16)21(18,19)15-6-9-17(23-3)13(10-15)11-20-2/h4-10,20H,11,18-19H2,1-3H3/q+1. The largest absolute Gasteiger partial charge is 0.496 e. The van der Waals surface area contributed by atoms with Gasteiger partial charge in [-0.1, -0.05) is 0 Å². The van der Waals surface area contributed by atoms with Crippen LogP contribution in [0.1, 0.15) is 12.5 Å². The summed E-state index contributed by atoms with van der Waals surface area (Å²) in [5.74, 6) is 13.5. The number of carbonyl (C=O) groups is 1. The minimum atomic E-state index is -0.430. The van der Waals surface area contributed by atoms with E-state index in [-0.39, 0.29) is 5.97 Å². The number of carbonyl (C=O) groups excluding carboxylic acids is 1. The molecule has 2 rings (SSSR count). The van der Waals surface area contributed by atoms with Gasteiger partial charge >= 0.3 is 5.97 Å². The van der Waals surface area contributed by atoms with E-state index in [0.717, 1.165) is 11.3 Å². The van der Waals surface area contributed by atoms with Crippen LogP contribution >= 0.6 is 0 Å². The minimum Gasteiger partial charge on any atom is -0.496 e. The molecule has 0 amide bonds. The second-order valence-electron chi connectivity index (χ2n) is 5.39. The Labute approximate surface area is 141 Å². The lowest BCUT2D eigenvalue weighted by Crippen LogP contribution is -2.57. The molecule has 0 aliphatic rings. The van der Waals surface area contributed by atoms with E-state index in [2.05, 4.69) is 5.32 Å². The van der Waals surface area contributed by atoms with Gasteiger partial charge in [0.25, 0.3) is 0 Å². The summed E-state index contributed by atoms with van der Waals surface area (Å²) in [5, 5.41) is 3.09. The van der Waals surface area contributed by atoms with E-state index in [0.29, 0.717) is 23.7 Å². The molecule has 7 heteroatoms. The molecule has 0 saturated carbocycles. The Morgan fingerprint density at radius 3 is 2.29 bits per heavy atom. The maximum atomic E-state index is 11.0. The first-order valence-corrected chi connectivity index (χ1v) is 7.45. The average molecular weight is 331 g/mol. The second-order valence-corrected chi connectivity index (χ2v) is 5.39. The zero-order valence-electron chi connectivity index (χ0n) is 14.1. The number of methoxy groups -OCH3 is 1. The topological polar surface area (TPSA) is 99.6 Å². The Morgan fingerprint density at radius 2 is 1.75 bits per heavy atom. The summed E-state index contributed by atoms with van der Waals surface area (Å²) in [6, 6.07) is 12.3. The Kier molecular flexibility index (Phi) is 5.53. The van der Waals surface area contributed by atoms with Gasteiger partial charge < -0.3 is 14.8 Å². The number of ether oxygens (including phenoxy) is 2. The van der Waals surface area contributed by atoms with Crippen molar-refractivity contribution in [1.29, 1.82) is 0 Å². The van der Waals surface area contributed by atoms with E-state index < -0.39 is 4.70 Å². The predicted octanol–water partition coefficient (Wildman–Crippen LogP) is 1.73. The maximum Gasteiger partial charge on any atom is 0.308 e. The van der Waals surface area contributed by atoms with E-state index in [1.54, 1.807) is 31.4 Å². The normalized spacial score (nSPS) is 11.2. The number of nitrogens with zero attached hydrogens (tertiary/aromatic N) is 1. The van der Waals surface area contributed by atoms with Gasteiger partial charge in [0.05, 0.1) is 7.11 Å². The molecule has 24 heavy (non-hydrogen) atoms. The lowest BCUT2D eigenvalue weighted by Gasteiger charge is -2.26. The van der Waals surface area contributed by atoms with Gasteiger partial charge in [-0.3, -0.25) is 4.79 Å². The number of nitrogens with two attached hydrogens (primary N) is 2. The summed E-state index contributed by atoms with van der Waals surface area (Å²) < 4.78 is 9.93. The molecule has 2 aromatic carbocycles. The van der Waals surface area contributed by atoms with Gasteiger partial charge in [0.1, 0.15) is 11.5 Å². The molecule has 0 heterocycles. The number of hydrogen-bond donors (Lipinski definition) is 3. The van der Waals surface area contributed by atoms with Crippen molar-refractivity contribution in [3.05, 3.63) is 48.0 Å².